The van der Waals surface area contributed by atoms with E-state index in [0.717, 1.165) is 0 Å². The number of hydrogen-bond acceptors (Lipinski definition) is 10. The molecule has 0 aromatic heterocycles. The third-order valence-electron chi connectivity index (χ3n) is 3.88. The number of rotatable bonds is 17. The van der Waals surface area contributed by atoms with E-state index >= 15 is 0 Å². The number of carbonyl (C=O) groups is 4. The van der Waals surface area contributed by atoms with Crippen LogP contribution in [0, 0.1) is 5.41 Å². The summed E-state index contributed by atoms with van der Waals surface area (Å²) in [4.78, 5) is 50.4. The van der Waals surface area contributed by atoms with Gasteiger partial charge in [0.2, 0.25) is 0 Å². The molecule has 1 saturated heterocycles. The van der Waals surface area contributed by atoms with Gasteiger partial charge in [0.1, 0.15) is 0 Å². The highest BCUT2D eigenvalue weighted by molar-refractivity contribution is 6.01. The van der Waals surface area contributed by atoms with Gasteiger partial charge in [0.25, 0.3) is 11.8 Å². The monoisotopic (exact) mass is 461 g/mol. The Hall–Kier alpha value is -2.08. The molecule has 0 spiro atoms. The fourth-order valence-electron chi connectivity index (χ4n) is 2.25. The molecule has 0 unspecified atom stereocenters. The standard InChI is InChI=1S/C21H35NO10/c1-21(2,3)16-31-19(25)6-8-27-10-12-29-14-15-30-13-11-28-9-7-20(26)32-22-17(23)4-5-18(22)24/h4-16H2,1-3H3. The Kier molecular flexibility index (Phi) is 13.7. The number of nitrogens with zero attached hydrogens (tertiary/aromatic N) is 1. The molecule has 184 valence electrons. The SMILES string of the molecule is CC(C)(C)COC(=O)CCOCCOCCOCCOCCC(=O)ON1C(=O)CCC1=O. The maximum absolute atomic E-state index is 11.6. The first kappa shape index (κ1) is 28.0. The van der Waals surface area contributed by atoms with Crippen molar-refractivity contribution in [1.82, 2.24) is 5.06 Å². The van der Waals surface area contributed by atoms with Gasteiger partial charge < -0.3 is 28.5 Å². The normalized spacial score (nSPS) is 14.2. The van der Waals surface area contributed by atoms with Gasteiger partial charge in [-0.15, -0.1) is 5.06 Å². The number of hydroxylamine groups is 2. The van der Waals surface area contributed by atoms with E-state index < -0.39 is 17.8 Å². The number of esters is 1. The van der Waals surface area contributed by atoms with Gasteiger partial charge in [-0.05, 0) is 5.41 Å². The molecule has 0 aromatic carbocycles. The molecule has 32 heavy (non-hydrogen) atoms. The molecular weight excluding hydrogens is 426 g/mol. The molecule has 1 aliphatic rings. The number of ether oxygens (including phenoxy) is 5. The van der Waals surface area contributed by atoms with Crippen molar-refractivity contribution in [3.63, 3.8) is 0 Å². The van der Waals surface area contributed by atoms with Crippen LogP contribution in [-0.2, 0) is 47.7 Å². The van der Waals surface area contributed by atoms with Crippen LogP contribution in [0.3, 0.4) is 0 Å². The highest BCUT2D eigenvalue weighted by atomic mass is 16.7. The van der Waals surface area contributed by atoms with Crippen LogP contribution < -0.4 is 0 Å². The molecule has 11 nitrogen and oxygen atoms in total. The number of amides is 2. The van der Waals surface area contributed by atoms with Crippen LogP contribution in [0.25, 0.3) is 0 Å². The van der Waals surface area contributed by atoms with Crippen molar-refractivity contribution in [2.75, 3.05) is 59.5 Å². The first-order valence-electron chi connectivity index (χ1n) is 10.7. The smallest absolute Gasteiger partial charge is 0.335 e. The maximum Gasteiger partial charge on any atom is 0.335 e. The van der Waals surface area contributed by atoms with E-state index in [1.807, 2.05) is 20.8 Å². The van der Waals surface area contributed by atoms with E-state index in [-0.39, 0.29) is 50.3 Å². The molecule has 11 heteroatoms. The molecule has 1 aliphatic heterocycles. The molecule has 1 heterocycles. The van der Waals surface area contributed by atoms with Gasteiger partial charge in [-0.3, -0.25) is 14.4 Å². The van der Waals surface area contributed by atoms with Crippen molar-refractivity contribution >= 4 is 23.8 Å². The fourth-order valence-corrected chi connectivity index (χ4v) is 2.25. The second-order valence-corrected chi connectivity index (χ2v) is 8.22. The summed E-state index contributed by atoms with van der Waals surface area (Å²) in [5.74, 6) is -2.00. The Bertz CT molecular complexity index is 586. The van der Waals surface area contributed by atoms with Crippen LogP contribution in [0.1, 0.15) is 46.5 Å². The second kappa shape index (κ2) is 15.7. The second-order valence-electron chi connectivity index (χ2n) is 8.22. The quantitative estimate of drug-likeness (QED) is 0.176. The summed E-state index contributed by atoms with van der Waals surface area (Å²) >= 11 is 0. The Morgan fingerprint density at radius 2 is 1.12 bits per heavy atom. The molecule has 0 bridgehead atoms. The summed E-state index contributed by atoms with van der Waals surface area (Å²) in [7, 11) is 0. The molecule has 0 aromatic rings. The molecule has 0 atom stereocenters. The van der Waals surface area contributed by atoms with Crippen molar-refractivity contribution in [2.45, 2.75) is 46.5 Å². The number of imide groups is 1. The lowest BCUT2D eigenvalue weighted by Gasteiger charge is -2.17. The third kappa shape index (κ3) is 14.1. The number of hydrogen-bond donors (Lipinski definition) is 0. The maximum atomic E-state index is 11.6. The molecular formula is C21H35NO10. The molecule has 0 saturated carbocycles. The van der Waals surface area contributed by atoms with Crippen molar-refractivity contribution in [3.05, 3.63) is 0 Å². The minimum absolute atomic E-state index is 0.0506. The largest absolute Gasteiger partial charge is 0.465 e. The third-order valence-corrected chi connectivity index (χ3v) is 3.88. The van der Waals surface area contributed by atoms with E-state index in [9.17, 15) is 19.2 Å². The van der Waals surface area contributed by atoms with Crippen LogP contribution >= 0.6 is 0 Å². The zero-order chi connectivity index (χ0) is 23.8. The molecule has 0 N–H and O–H groups in total. The van der Waals surface area contributed by atoms with Crippen LogP contribution in [0.2, 0.25) is 0 Å². The lowest BCUT2D eigenvalue weighted by atomic mass is 9.99. The fraction of sp³-hybridized carbons (Fsp3) is 0.810. The van der Waals surface area contributed by atoms with E-state index in [2.05, 4.69) is 0 Å². The molecule has 2 amide bonds. The number of carbonyl (C=O) groups excluding carboxylic acids is 4. The Labute approximate surface area is 188 Å². The van der Waals surface area contributed by atoms with Gasteiger partial charge in [0, 0.05) is 12.8 Å². The van der Waals surface area contributed by atoms with Gasteiger partial charge in [-0.25, -0.2) is 4.79 Å². The summed E-state index contributed by atoms with van der Waals surface area (Å²) in [6.07, 6.45) is 0.260. The Morgan fingerprint density at radius 1 is 0.719 bits per heavy atom. The first-order chi connectivity index (χ1) is 15.2. The zero-order valence-electron chi connectivity index (χ0n) is 19.2. The van der Waals surface area contributed by atoms with Crippen molar-refractivity contribution in [1.29, 1.82) is 0 Å². The summed E-state index contributed by atoms with van der Waals surface area (Å²) in [5, 5.41) is 0.513. The summed E-state index contributed by atoms with van der Waals surface area (Å²) < 4.78 is 26.4. The molecule has 0 radical (unpaired) electrons. The lowest BCUT2D eigenvalue weighted by Crippen LogP contribution is -2.32. The van der Waals surface area contributed by atoms with Crippen molar-refractivity contribution in [2.24, 2.45) is 5.41 Å². The summed E-state index contributed by atoms with van der Waals surface area (Å²) in [5.41, 5.74) is -0.0506. The highest BCUT2D eigenvalue weighted by Crippen LogP contribution is 2.13. The van der Waals surface area contributed by atoms with Crippen LogP contribution in [0.5, 0.6) is 0 Å². The molecule has 1 rings (SSSR count). The van der Waals surface area contributed by atoms with E-state index in [4.69, 9.17) is 28.5 Å². The predicted octanol–water partition coefficient (Wildman–Crippen LogP) is 1.03. The van der Waals surface area contributed by atoms with Crippen LogP contribution in [0.4, 0.5) is 0 Å². The minimum atomic E-state index is -0.702. The van der Waals surface area contributed by atoms with Gasteiger partial charge in [0.15, 0.2) is 0 Å². The topological polar surface area (TPSA) is 127 Å². The Morgan fingerprint density at radius 3 is 1.56 bits per heavy atom. The van der Waals surface area contributed by atoms with Crippen molar-refractivity contribution < 1.29 is 47.7 Å². The lowest BCUT2D eigenvalue weighted by molar-refractivity contribution is -0.198. The van der Waals surface area contributed by atoms with E-state index in [1.54, 1.807) is 0 Å². The van der Waals surface area contributed by atoms with Crippen LogP contribution in [0.15, 0.2) is 0 Å². The minimum Gasteiger partial charge on any atom is -0.465 e. The van der Waals surface area contributed by atoms with Gasteiger partial charge in [-0.2, -0.15) is 0 Å². The highest BCUT2D eigenvalue weighted by Gasteiger charge is 2.32. The summed E-state index contributed by atoms with van der Waals surface area (Å²) in [6.45, 7) is 8.90. The zero-order valence-corrected chi connectivity index (χ0v) is 19.2. The average Bonchev–Trinajstić information content (AvgIpc) is 3.04. The predicted molar refractivity (Wildman–Crippen MR) is 110 cm³/mol. The first-order valence-corrected chi connectivity index (χ1v) is 10.7. The van der Waals surface area contributed by atoms with E-state index in [1.165, 1.54) is 0 Å². The van der Waals surface area contributed by atoms with E-state index in [0.29, 0.717) is 51.3 Å². The Balaban J connectivity index is 1.82. The average molecular weight is 462 g/mol. The van der Waals surface area contributed by atoms with Gasteiger partial charge >= 0.3 is 11.9 Å². The van der Waals surface area contributed by atoms with Crippen LogP contribution in [-0.4, -0.2) is 88.3 Å². The summed E-state index contributed by atoms with van der Waals surface area (Å²) in [6, 6.07) is 0. The van der Waals surface area contributed by atoms with Gasteiger partial charge in [0.05, 0.1) is 72.3 Å². The van der Waals surface area contributed by atoms with Crippen molar-refractivity contribution in [3.8, 4) is 0 Å². The molecule has 1 fully saturated rings. The molecule has 0 aliphatic carbocycles. The van der Waals surface area contributed by atoms with Gasteiger partial charge in [-0.1, -0.05) is 20.8 Å².